The maximum absolute atomic E-state index is 13.4. The summed E-state index contributed by atoms with van der Waals surface area (Å²) in [6.45, 7) is 5.97. The molecule has 0 radical (unpaired) electrons. The molecule has 0 saturated carbocycles. The molecule has 190 valence electrons. The Labute approximate surface area is 217 Å². The van der Waals surface area contributed by atoms with Crippen molar-refractivity contribution in [3.63, 3.8) is 0 Å². The number of ether oxygens (including phenoxy) is 1. The van der Waals surface area contributed by atoms with Gasteiger partial charge in [-0.15, -0.1) is 0 Å². The van der Waals surface area contributed by atoms with E-state index in [2.05, 4.69) is 17.5 Å². The SMILES string of the molecule is CCCCOc1ccc(/C=N\NC(=O)CN(c2ccc(C)c(Cl)c2)S(=O)(=O)c2ccc(C)cc2)cc1. The first-order valence-electron chi connectivity index (χ1n) is 11.6. The van der Waals surface area contributed by atoms with Crippen molar-refractivity contribution < 1.29 is 17.9 Å². The first-order valence-corrected chi connectivity index (χ1v) is 13.4. The molecule has 0 aliphatic carbocycles. The van der Waals surface area contributed by atoms with E-state index < -0.39 is 22.5 Å². The molecule has 36 heavy (non-hydrogen) atoms. The Morgan fingerprint density at radius 1 is 1.06 bits per heavy atom. The van der Waals surface area contributed by atoms with E-state index in [0.717, 1.165) is 39.6 Å². The average molecular weight is 528 g/mol. The number of benzene rings is 3. The topological polar surface area (TPSA) is 88.1 Å². The molecule has 0 fully saturated rings. The van der Waals surface area contributed by atoms with Gasteiger partial charge in [-0.3, -0.25) is 9.10 Å². The van der Waals surface area contributed by atoms with Gasteiger partial charge in [0.15, 0.2) is 0 Å². The van der Waals surface area contributed by atoms with Crippen LogP contribution in [-0.4, -0.2) is 33.7 Å². The van der Waals surface area contributed by atoms with Gasteiger partial charge in [-0.05, 0) is 79.9 Å². The zero-order chi connectivity index (χ0) is 26.1. The van der Waals surface area contributed by atoms with Crippen LogP contribution in [0.5, 0.6) is 5.75 Å². The van der Waals surface area contributed by atoms with Gasteiger partial charge >= 0.3 is 0 Å². The number of rotatable bonds is 11. The zero-order valence-electron chi connectivity index (χ0n) is 20.6. The number of hydrogen-bond donors (Lipinski definition) is 1. The normalized spacial score (nSPS) is 11.4. The van der Waals surface area contributed by atoms with Crippen molar-refractivity contribution in [2.24, 2.45) is 5.10 Å². The van der Waals surface area contributed by atoms with Crippen LogP contribution in [0.1, 0.15) is 36.5 Å². The monoisotopic (exact) mass is 527 g/mol. The van der Waals surface area contributed by atoms with Crippen molar-refractivity contribution in [2.75, 3.05) is 17.5 Å². The Morgan fingerprint density at radius 2 is 1.75 bits per heavy atom. The molecule has 0 aliphatic rings. The highest BCUT2D eigenvalue weighted by atomic mass is 35.5. The average Bonchev–Trinajstić information content (AvgIpc) is 2.85. The summed E-state index contributed by atoms with van der Waals surface area (Å²) in [7, 11) is -4.04. The molecule has 0 heterocycles. The molecule has 9 heteroatoms. The van der Waals surface area contributed by atoms with E-state index in [1.807, 2.05) is 38.1 Å². The molecule has 0 saturated heterocycles. The third-order valence-corrected chi connectivity index (χ3v) is 7.58. The third kappa shape index (κ3) is 7.32. The molecule has 7 nitrogen and oxygen atoms in total. The van der Waals surface area contributed by atoms with Crippen LogP contribution in [0.2, 0.25) is 5.02 Å². The predicted molar refractivity (Wildman–Crippen MR) is 144 cm³/mol. The molecule has 0 atom stereocenters. The first-order chi connectivity index (χ1) is 17.2. The fraction of sp³-hybridized carbons (Fsp3) is 0.259. The number of sulfonamides is 1. The fourth-order valence-corrected chi connectivity index (χ4v) is 4.81. The van der Waals surface area contributed by atoms with Gasteiger partial charge in [0.1, 0.15) is 12.3 Å². The number of carbonyl (C=O) groups is 1. The quantitative estimate of drug-likeness (QED) is 0.203. The van der Waals surface area contributed by atoms with Gasteiger partial charge in [0.05, 0.1) is 23.4 Å². The van der Waals surface area contributed by atoms with E-state index in [0.29, 0.717) is 11.6 Å². The molecule has 3 aromatic carbocycles. The second-order valence-electron chi connectivity index (χ2n) is 8.32. The van der Waals surface area contributed by atoms with Crippen LogP contribution >= 0.6 is 11.6 Å². The molecule has 1 amide bonds. The Morgan fingerprint density at radius 3 is 2.39 bits per heavy atom. The van der Waals surface area contributed by atoms with Gasteiger partial charge < -0.3 is 4.74 Å². The summed E-state index contributed by atoms with van der Waals surface area (Å²) in [6, 6.07) is 18.6. The number of aryl methyl sites for hydroxylation is 2. The number of nitrogens with one attached hydrogen (secondary N) is 1. The largest absolute Gasteiger partial charge is 0.494 e. The molecule has 3 rings (SSSR count). The summed E-state index contributed by atoms with van der Waals surface area (Å²) in [5.41, 5.74) is 5.16. The second-order valence-corrected chi connectivity index (χ2v) is 10.6. The molecule has 0 aliphatic heterocycles. The number of hydrazone groups is 1. The maximum atomic E-state index is 13.4. The summed E-state index contributed by atoms with van der Waals surface area (Å²) in [5.74, 6) is 0.163. The lowest BCUT2D eigenvalue weighted by molar-refractivity contribution is -0.119. The Bertz CT molecular complexity index is 1310. The lowest BCUT2D eigenvalue weighted by atomic mass is 10.2. The summed E-state index contributed by atoms with van der Waals surface area (Å²) in [6.07, 6.45) is 3.53. The minimum absolute atomic E-state index is 0.0716. The molecule has 1 N–H and O–H groups in total. The van der Waals surface area contributed by atoms with Crippen LogP contribution < -0.4 is 14.5 Å². The third-order valence-electron chi connectivity index (χ3n) is 5.39. The minimum atomic E-state index is -4.04. The van der Waals surface area contributed by atoms with Crippen molar-refractivity contribution in [2.45, 2.75) is 38.5 Å². The van der Waals surface area contributed by atoms with E-state index >= 15 is 0 Å². The second kappa shape index (κ2) is 12.6. The number of hydrogen-bond acceptors (Lipinski definition) is 5. The van der Waals surface area contributed by atoms with Crippen molar-refractivity contribution in [1.82, 2.24) is 5.43 Å². The smallest absolute Gasteiger partial charge is 0.264 e. The molecular weight excluding hydrogens is 498 g/mol. The number of halogens is 1. The number of nitrogens with zero attached hydrogens (tertiary/aromatic N) is 2. The number of unbranched alkanes of at least 4 members (excludes halogenated alkanes) is 1. The summed E-state index contributed by atoms with van der Waals surface area (Å²) in [5, 5.41) is 4.38. The van der Waals surface area contributed by atoms with Gasteiger partial charge in [-0.2, -0.15) is 5.10 Å². The highest BCUT2D eigenvalue weighted by Crippen LogP contribution is 2.28. The van der Waals surface area contributed by atoms with Crippen molar-refractivity contribution in [3.8, 4) is 5.75 Å². The van der Waals surface area contributed by atoms with Crippen molar-refractivity contribution in [3.05, 3.63) is 88.4 Å². The Hall–Kier alpha value is -3.36. The minimum Gasteiger partial charge on any atom is -0.494 e. The Kier molecular flexibility index (Phi) is 9.50. The van der Waals surface area contributed by atoms with Crippen LogP contribution in [0.15, 0.2) is 76.7 Å². The van der Waals surface area contributed by atoms with Gasteiger partial charge in [-0.25, -0.2) is 13.8 Å². The van der Waals surface area contributed by atoms with Crippen LogP contribution in [0.3, 0.4) is 0 Å². The zero-order valence-corrected chi connectivity index (χ0v) is 22.1. The standard InChI is InChI=1S/C27H30ClN3O4S/c1-4-5-16-35-24-12-9-22(10-13-24)18-29-30-27(32)19-31(23-11-8-21(3)26(28)17-23)36(33,34)25-14-6-20(2)7-15-25/h6-15,17-18H,4-5,16,19H2,1-3H3,(H,30,32)/b29-18-. The van der Waals surface area contributed by atoms with Gasteiger partial charge in [0.2, 0.25) is 0 Å². The highest BCUT2D eigenvalue weighted by molar-refractivity contribution is 7.92. The molecule has 0 spiro atoms. The van der Waals surface area contributed by atoms with Gasteiger partial charge in [0, 0.05) is 5.02 Å². The van der Waals surface area contributed by atoms with Crippen LogP contribution in [0.25, 0.3) is 0 Å². The van der Waals surface area contributed by atoms with Crippen LogP contribution in [0, 0.1) is 13.8 Å². The summed E-state index contributed by atoms with van der Waals surface area (Å²) >= 11 is 6.25. The van der Waals surface area contributed by atoms with E-state index in [1.54, 1.807) is 24.3 Å². The summed E-state index contributed by atoms with van der Waals surface area (Å²) < 4.78 is 33.6. The molecule has 0 bridgehead atoms. The Balaban J connectivity index is 1.74. The van der Waals surface area contributed by atoms with Crippen molar-refractivity contribution in [1.29, 1.82) is 0 Å². The van der Waals surface area contributed by atoms with E-state index in [4.69, 9.17) is 16.3 Å². The molecule has 3 aromatic rings. The maximum Gasteiger partial charge on any atom is 0.264 e. The molecule has 0 aromatic heterocycles. The fourth-order valence-electron chi connectivity index (χ4n) is 3.22. The van der Waals surface area contributed by atoms with Crippen LogP contribution in [0.4, 0.5) is 5.69 Å². The van der Waals surface area contributed by atoms with Crippen LogP contribution in [-0.2, 0) is 14.8 Å². The van der Waals surface area contributed by atoms with E-state index in [-0.39, 0.29) is 10.6 Å². The number of carbonyl (C=O) groups excluding carboxylic acids is 1. The predicted octanol–water partition coefficient (Wildman–Crippen LogP) is 5.48. The number of anilines is 1. The van der Waals surface area contributed by atoms with Gasteiger partial charge in [0.25, 0.3) is 15.9 Å². The lowest BCUT2D eigenvalue weighted by Crippen LogP contribution is -2.39. The summed E-state index contributed by atoms with van der Waals surface area (Å²) in [4.78, 5) is 12.8. The van der Waals surface area contributed by atoms with E-state index in [1.165, 1.54) is 24.4 Å². The molecule has 0 unspecified atom stereocenters. The molecular formula is C27H30ClN3O4S. The van der Waals surface area contributed by atoms with E-state index in [9.17, 15) is 13.2 Å². The number of amides is 1. The van der Waals surface area contributed by atoms with Crippen molar-refractivity contribution >= 4 is 39.4 Å². The highest BCUT2D eigenvalue weighted by Gasteiger charge is 2.27. The lowest BCUT2D eigenvalue weighted by Gasteiger charge is -2.24. The van der Waals surface area contributed by atoms with Gasteiger partial charge in [-0.1, -0.05) is 48.7 Å². The first kappa shape index (κ1) is 27.2.